The Morgan fingerprint density at radius 2 is 1.68 bits per heavy atom. The van der Waals surface area contributed by atoms with Crippen LogP contribution in [-0.2, 0) is 0 Å². The van der Waals surface area contributed by atoms with Gasteiger partial charge in [0.1, 0.15) is 0 Å². The van der Waals surface area contributed by atoms with Gasteiger partial charge in [-0.05, 0) is 44.0 Å². The van der Waals surface area contributed by atoms with Crippen LogP contribution in [0.25, 0.3) is 0 Å². The maximum atomic E-state index is 6.05. The van der Waals surface area contributed by atoms with Crippen LogP contribution in [0.2, 0.25) is 5.02 Å². The standard InChI is InChI=1S/C16H17ClN2/c1-11-8-12(2)14(13(3)9-11)10-18-19-16-7-5-4-6-15(16)17/h4-10,19H,1-3H3/b18-10-. The topological polar surface area (TPSA) is 24.4 Å². The summed E-state index contributed by atoms with van der Waals surface area (Å²) >= 11 is 6.05. The van der Waals surface area contributed by atoms with Crippen molar-refractivity contribution in [2.45, 2.75) is 20.8 Å². The molecule has 0 spiro atoms. The third kappa shape index (κ3) is 3.36. The van der Waals surface area contributed by atoms with Crippen molar-refractivity contribution < 1.29 is 0 Å². The number of benzene rings is 2. The molecule has 0 aromatic heterocycles. The average molecular weight is 273 g/mol. The third-order valence-corrected chi connectivity index (χ3v) is 3.32. The van der Waals surface area contributed by atoms with Gasteiger partial charge in [-0.2, -0.15) is 5.10 Å². The molecule has 0 aliphatic heterocycles. The first kappa shape index (κ1) is 13.6. The molecule has 3 heteroatoms. The van der Waals surface area contributed by atoms with Crippen molar-refractivity contribution in [1.29, 1.82) is 0 Å². The van der Waals surface area contributed by atoms with Gasteiger partial charge in [-0.25, -0.2) is 0 Å². The Kier molecular flexibility index (Phi) is 4.23. The second kappa shape index (κ2) is 5.89. The maximum absolute atomic E-state index is 6.05. The van der Waals surface area contributed by atoms with Crippen molar-refractivity contribution in [1.82, 2.24) is 0 Å². The summed E-state index contributed by atoms with van der Waals surface area (Å²) in [6.07, 6.45) is 1.84. The average Bonchev–Trinajstić information content (AvgIpc) is 2.34. The molecule has 0 saturated carbocycles. The number of hydrogen-bond donors (Lipinski definition) is 1. The second-order valence-corrected chi connectivity index (χ2v) is 5.07. The van der Waals surface area contributed by atoms with E-state index in [1.165, 1.54) is 16.7 Å². The van der Waals surface area contributed by atoms with E-state index < -0.39 is 0 Å². The van der Waals surface area contributed by atoms with Gasteiger partial charge in [0.15, 0.2) is 0 Å². The molecule has 98 valence electrons. The molecule has 0 amide bonds. The highest BCUT2D eigenvalue weighted by molar-refractivity contribution is 6.33. The number of hydrazone groups is 1. The van der Waals surface area contributed by atoms with E-state index in [1.54, 1.807) is 0 Å². The van der Waals surface area contributed by atoms with E-state index in [9.17, 15) is 0 Å². The Bertz CT molecular complexity index is 595. The van der Waals surface area contributed by atoms with E-state index in [-0.39, 0.29) is 0 Å². The fourth-order valence-corrected chi connectivity index (χ4v) is 2.29. The summed E-state index contributed by atoms with van der Waals surface area (Å²) < 4.78 is 0. The highest BCUT2D eigenvalue weighted by atomic mass is 35.5. The lowest BCUT2D eigenvalue weighted by atomic mass is 10.0. The van der Waals surface area contributed by atoms with Crippen LogP contribution in [0.4, 0.5) is 5.69 Å². The highest BCUT2D eigenvalue weighted by Gasteiger charge is 2.01. The van der Waals surface area contributed by atoms with Gasteiger partial charge in [0.25, 0.3) is 0 Å². The second-order valence-electron chi connectivity index (χ2n) is 4.66. The minimum Gasteiger partial charge on any atom is -0.277 e. The lowest BCUT2D eigenvalue weighted by Gasteiger charge is -2.07. The van der Waals surface area contributed by atoms with Crippen LogP contribution in [0.15, 0.2) is 41.5 Å². The Labute approximate surface area is 119 Å². The molecule has 0 fully saturated rings. The Hall–Kier alpha value is -1.80. The Morgan fingerprint density at radius 3 is 2.32 bits per heavy atom. The fraction of sp³-hybridized carbons (Fsp3) is 0.188. The zero-order valence-electron chi connectivity index (χ0n) is 11.4. The lowest BCUT2D eigenvalue weighted by Crippen LogP contribution is -1.96. The molecule has 2 aromatic rings. The van der Waals surface area contributed by atoms with E-state index in [0.717, 1.165) is 11.3 Å². The van der Waals surface area contributed by atoms with Crippen molar-refractivity contribution in [3.63, 3.8) is 0 Å². The van der Waals surface area contributed by atoms with Crippen molar-refractivity contribution in [3.8, 4) is 0 Å². The first-order valence-electron chi connectivity index (χ1n) is 6.19. The van der Waals surface area contributed by atoms with Crippen LogP contribution in [0, 0.1) is 20.8 Å². The van der Waals surface area contributed by atoms with E-state index in [2.05, 4.69) is 43.4 Å². The maximum Gasteiger partial charge on any atom is 0.0748 e. The number of anilines is 1. The SMILES string of the molecule is Cc1cc(C)c(/C=N\Nc2ccccc2Cl)c(C)c1. The molecule has 2 nitrogen and oxygen atoms in total. The molecule has 1 N–H and O–H groups in total. The molecule has 0 radical (unpaired) electrons. The number of nitrogens with one attached hydrogen (secondary N) is 1. The molecule has 0 saturated heterocycles. The number of aryl methyl sites for hydroxylation is 3. The quantitative estimate of drug-likeness (QED) is 0.635. The van der Waals surface area contributed by atoms with E-state index in [0.29, 0.717) is 5.02 Å². The number of hydrogen-bond acceptors (Lipinski definition) is 2. The predicted molar refractivity (Wildman–Crippen MR) is 83.3 cm³/mol. The highest BCUT2D eigenvalue weighted by Crippen LogP contribution is 2.20. The van der Waals surface area contributed by atoms with Crippen LogP contribution < -0.4 is 5.43 Å². The van der Waals surface area contributed by atoms with Gasteiger partial charge >= 0.3 is 0 Å². The van der Waals surface area contributed by atoms with Gasteiger partial charge in [0, 0.05) is 5.56 Å². The van der Waals surface area contributed by atoms with Crippen LogP contribution >= 0.6 is 11.6 Å². The molecule has 0 heterocycles. The first-order valence-corrected chi connectivity index (χ1v) is 6.57. The summed E-state index contributed by atoms with van der Waals surface area (Å²) in [5.74, 6) is 0. The minimum absolute atomic E-state index is 0.664. The molecule has 0 unspecified atom stereocenters. The molecule has 0 aliphatic rings. The third-order valence-electron chi connectivity index (χ3n) is 2.99. The summed E-state index contributed by atoms with van der Waals surface area (Å²) in [6, 6.07) is 11.9. The van der Waals surface area contributed by atoms with Crippen molar-refractivity contribution >= 4 is 23.5 Å². The van der Waals surface area contributed by atoms with Crippen molar-refractivity contribution in [2.24, 2.45) is 5.10 Å². The van der Waals surface area contributed by atoms with E-state index in [4.69, 9.17) is 11.6 Å². The van der Waals surface area contributed by atoms with Gasteiger partial charge in [-0.3, -0.25) is 5.43 Å². The Morgan fingerprint density at radius 1 is 1.05 bits per heavy atom. The summed E-state index contributed by atoms with van der Waals surface area (Å²) in [5, 5.41) is 4.93. The summed E-state index contributed by atoms with van der Waals surface area (Å²) in [6.45, 7) is 6.29. The molecular weight excluding hydrogens is 256 g/mol. The minimum atomic E-state index is 0.664. The largest absolute Gasteiger partial charge is 0.277 e. The van der Waals surface area contributed by atoms with Crippen LogP contribution in [0.5, 0.6) is 0 Å². The lowest BCUT2D eigenvalue weighted by molar-refractivity contribution is 1.29. The monoisotopic (exact) mass is 272 g/mol. The van der Waals surface area contributed by atoms with Gasteiger partial charge < -0.3 is 0 Å². The molecular formula is C16H17ClN2. The summed E-state index contributed by atoms with van der Waals surface area (Å²) in [5.41, 5.74) is 8.64. The van der Waals surface area contributed by atoms with Crippen molar-refractivity contribution in [3.05, 3.63) is 63.7 Å². The zero-order valence-corrected chi connectivity index (χ0v) is 12.1. The summed E-state index contributed by atoms with van der Waals surface area (Å²) in [4.78, 5) is 0. The smallest absolute Gasteiger partial charge is 0.0748 e. The van der Waals surface area contributed by atoms with Gasteiger partial charge in [-0.15, -0.1) is 0 Å². The molecule has 0 bridgehead atoms. The van der Waals surface area contributed by atoms with Crippen LogP contribution in [0.3, 0.4) is 0 Å². The normalized spacial score (nSPS) is 10.9. The Balaban J connectivity index is 2.18. The molecule has 0 atom stereocenters. The molecule has 2 aromatic carbocycles. The zero-order chi connectivity index (χ0) is 13.8. The van der Waals surface area contributed by atoms with Gasteiger partial charge in [0.05, 0.1) is 16.9 Å². The van der Waals surface area contributed by atoms with E-state index in [1.807, 2.05) is 30.5 Å². The van der Waals surface area contributed by atoms with E-state index >= 15 is 0 Å². The van der Waals surface area contributed by atoms with Crippen LogP contribution in [-0.4, -0.2) is 6.21 Å². The molecule has 2 rings (SSSR count). The van der Waals surface area contributed by atoms with Crippen molar-refractivity contribution in [2.75, 3.05) is 5.43 Å². The fourth-order valence-electron chi connectivity index (χ4n) is 2.11. The number of nitrogens with zero attached hydrogens (tertiary/aromatic N) is 1. The van der Waals surface area contributed by atoms with Gasteiger partial charge in [-0.1, -0.05) is 41.4 Å². The molecule has 19 heavy (non-hydrogen) atoms. The number of para-hydroxylation sites is 1. The van der Waals surface area contributed by atoms with Gasteiger partial charge in [0.2, 0.25) is 0 Å². The molecule has 0 aliphatic carbocycles. The number of rotatable bonds is 3. The number of halogens is 1. The first-order chi connectivity index (χ1) is 9.08. The summed E-state index contributed by atoms with van der Waals surface area (Å²) in [7, 11) is 0. The predicted octanol–water partition coefficient (Wildman–Crippen LogP) is 4.71. The van der Waals surface area contributed by atoms with Crippen LogP contribution in [0.1, 0.15) is 22.3 Å².